The van der Waals surface area contributed by atoms with Gasteiger partial charge in [-0.25, -0.2) is 0 Å². The Bertz CT molecular complexity index is 342. The van der Waals surface area contributed by atoms with Crippen LogP contribution in [0.4, 0.5) is 0 Å². The average molecular weight is 205 g/mol. The molecule has 82 valence electrons. The van der Waals surface area contributed by atoms with Crippen LogP contribution in [0.25, 0.3) is 6.08 Å². The van der Waals surface area contributed by atoms with E-state index in [4.69, 9.17) is 10.5 Å². The van der Waals surface area contributed by atoms with E-state index >= 15 is 0 Å². The minimum Gasteiger partial charge on any atom is -0.493 e. The summed E-state index contributed by atoms with van der Waals surface area (Å²) in [5.74, 6) is 0.917. The summed E-state index contributed by atoms with van der Waals surface area (Å²) in [7, 11) is 0. The van der Waals surface area contributed by atoms with E-state index in [2.05, 4.69) is 6.08 Å². The molecule has 0 heterocycles. The molecular weight excluding hydrogens is 186 g/mol. The van der Waals surface area contributed by atoms with E-state index in [-0.39, 0.29) is 6.04 Å². The van der Waals surface area contributed by atoms with E-state index in [0.29, 0.717) is 6.61 Å². The second kappa shape index (κ2) is 5.56. The van der Waals surface area contributed by atoms with Crippen molar-refractivity contribution in [3.63, 3.8) is 0 Å². The van der Waals surface area contributed by atoms with Crippen LogP contribution in [-0.4, -0.2) is 12.6 Å². The summed E-state index contributed by atoms with van der Waals surface area (Å²) in [4.78, 5) is 0. The molecule has 0 saturated carbocycles. The van der Waals surface area contributed by atoms with Crippen LogP contribution in [0.3, 0.4) is 0 Å². The molecule has 0 aliphatic rings. The van der Waals surface area contributed by atoms with E-state index in [0.717, 1.165) is 16.9 Å². The zero-order chi connectivity index (χ0) is 11.3. The van der Waals surface area contributed by atoms with Crippen molar-refractivity contribution in [3.05, 3.63) is 35.4 Å². The van der Waals surface area contributed by atoms with Crippen molar-refractivity contribution in [1.82, 2.24) is 0 Å². The van der Waals surface area contributed by atoms with Gasteiger partial charge in [0, 0.05) is 11.6 Å². The molecule has 2 nitrogen and oxygen atoms in total. The third-order valence-electron chi connectivity index (χ3n) is 2.32. The van der Waals surface area contributed by atoms with Crippen LogP contribution in [0.2, 0.25) is 0 Å². The molecule has 1 aromatic rings. The van der Waals surface area contributed by atoms with E-state index in [1.807, 2.05) is 45.0 Å². The summed E-state index contributed by atoms with van der Waals surface area (Å²) in [6, 6.07) is 8.08. The van der Waals surface area contributed by atoms with Crippen LogP contribution in [-0.2, 0) is 0 Å². The highest BCUT2D eigenvalue weighted by Crippen LogP contribution is 2.21. The Labute approximate surface area is 91.7 Å². The number of nitrogens with two attached hydrogens (primary N) is 1. The highest BCUT2D eigenvalue weighted by molar-refractivity contribution is 5.60. The van der Waals surface area contributed by atoms with E-state index in [1.54, 1.807) is 0 Å². The summed E-state index contributed by atoms with van der Waals surface area (Å²) >= 11 is 0. The average Bonchev–Trinajstić information content (AvgIpc) is 2.21. The van der Waals surface area contributed by atoms with Gasteiger partial charge >= 0.3 is 0 Å². The van der Waals surface area contributed by atoms with Gasteiger partial charge in [0.15, 0.2) is 0 Å². The fourth-order valence-electron chi connectivity index (χ4n) is 1.26. The third-order valence-corrected chi connectivity index (χ3v) is 2.32. The second-order valence-electron chi connectivity index (χ2n) is 3.65. The molecule has 1 unspecified atom stereocenters. The molecule has 0 radical (unpaired) electrons. The topological polar surface area (TPSA) is 35.2 Å². The fraction of sp³-hybridized carbons (Fsp3) is 0.385. The molecule has 1 aromatic carbocycles. The molecule has 2 N–H and O–H groups in total. The molecule has 0 aromatic heterocycles. The Kier molecular flexibility index (Phi) is 4.37. The standard InChI is InChI=1S/C13H19NO/c1-4-15-13-8-6-5-7-12(13)9-10(2)11(3)14/h5-9,11H,4,14H2,1-3H3/b10-9-. The Morgan fingerprint density at radius 2 is 2.13 bits per heavy atom. The number of benzene rings is 1. The van der Waals surface area contributed by atoms with E-state index in [9.17, 15) is 0 Å². The largest absolute Gasteiger partial charge is 0.493 e. The SMILES string of the molecule is CCOc1ccccc1/C=C(/C)C(C)N. The quantitative estimate of drug-likeness (QED) is 0.820. The van der Waals surface area contributed by atoms with Crippen LogP contribution in [0.15, 0.2) is 29.8 Å². The van der Waals surface area contributed by atoms with E-state index < -0.39 is 0 Å². The summed E-state index contributed by atoms with van der Waals surface area (Å²) < 4.78 is 5.53. The van der Waals surface area contributed by atoms with Gasteiger partial charge in [-0.3, -0.25) is 0 Å². The molecule has 0 spiro atoms. The van der Waals surface area contributed by atoms with Crippen molar-refractivity contribution < 1.29 is 4.74 Å². The molecule has 2 heteroatoms. The van der Waals surface area contributed by atoms with Crippen molar-refractivity contribution >= 4 is 6.08 Å². The molecule has 0 bridgehead atoms. The lowest BCUT2D eigenvalue weighted by molar-refractivity contribution is 0.339. The van der Waals surface area contributed by atoms with Crippen molar-refractivity contribution in [1.29, 1.82) is 0 Å². The summed E-state index contributed by atoms with van der Waals surface area (Å²) in [6.07, 6.45) is 2.08. The van der Waals surface area contributed by atoms with Crippen LogP contribution < -0.4 is 10.5 Å². The van der Waals surface area contributed by atoms with Crippen LogP contribution in [0.1, 0.15) is 26.3 Å². The van der Waals surface area contributed by atoms with Gasteiger partial charge in [-0.15, -0.1) is 0 Å². The number of rotatable bonds is 4. The maximum atomic E-state index is 5.80. The van der Waals surface area contributed by atoms with Gasteiger partial charge in [0.05, 0.1) is 6.61 Å². The number of hydrogen-bond acceptors (Lipinski definition) is 2. The highest BCUT2D eigenvalue weighted by atomic mass is 16.5. The van der Waals surface area contributed by atoms with Crippen LogP contribution in [0, 0.1) is 0 Å². The fourth-order valence-corrected chi connectivity index (χ4v) is 1.26. The van der Waals surface area contributed by atoms with Gasteiger partial charge in [-0.1, -0.05) is 29.8 Å². The van der Waals surface area contributed by atoms with Crippen LogP contribution >= 0.6 is 0 Å². The zero-order valence-electron chi connectivity index (χ0n) is 9.66. The summed E-state index contributed by atoms with van der Waals surface area (Å²) in [5, 5.41) is 0. The van der Waals surface area contributed by atoms with Crippen molar-refractivity contribution in [2.45, 2.75) is 26.8 Å². The molecule has 0 aliphatic carbocycles. The number of hydrogen-bond donors (Lipinski definition) is 1. The minimum absolute atomic E-state index is 0.0830. The van der Waals surface area contributed by atoms with Gasteiger partial charge in [0.25, 0.3) is 0 Å². The summed E-state index contributed by atoms with van der Waals surface area (Å²) in [5.41, 5.74) is 8.05. The number of para-hydroxylation sites is 1. The predicted octanol–water partition coefficient (Wildman–Crippen LogP) is 2.84. The molecule has 1 rings (SSSR count). The summed E-state index contributed by atoms with van der Waals surface area (Å²) in [6.45, 7) is 6.68. The van der Waals surface area contributed by atoms with Crippen LogP contribution in [0.5, 0.6) is 5.75 Å². The Morgan fingerprint density at radius 3 is 2.73 bits per heavy atom. The first-order valence-corrected chi connectivity index (χ1v) is 5.30. The van der Waals surface area contributed by atoms with Gasteiger partial charge in [-0.05, 0) is 26.8 Å². The monoisotopic (exact) mass is 205 g/mol. The number of ether oxygens (including phenoxy) is 1. The molecule has 0 fully saturated rings. The Morgan fingerprint density at radius 1 is 1.47 bits per heavy atom. The zero-order valence-corrected chi connectivity index (χ0v) is 9.66. The normalized spacial score (nSPS) is 13.7. The van der Waals surface area contributed by atoms with Gasteiger partial charge < -0.3 is 10.5 Å². The molecule has 1 atom stereocenters. The maximum absolute atomic E-state index is 5.80. The van der Waals surface area contributed by atoms with Crippen molar-refractivity contribution in [2.75, 3.05) is 6.61 Å². The van der Waals surface area contributed by atoms with Crippen molar-refractivity contribution in [2.24, 2.45) is 5.73 Å². The first-order valence-electron chi connectivity index (χ1n) is 5.30. The highest BCUT2D eigenvalue weighted by Gasteiger charge is 2.01. The van der Waals surface area contributed by atoms with Crippen molar-refractivity contribution in [3.8, 4) is 5.75 Å². The first kappa shape index (κ1) is 11.8. The molecule has 15 heavy (non-hydrogen) atoms. The third kappa shape index (κ3) is 3.40. The maximum Gasteiger partial charge on any atom is 0.126 e. The molecule has 0 saturated heterocycles. The molecule has 0 amide bonds. The first-order chi connectivity index (χ1) is 7.15. The molecule has 0 aliphatic heterocycles. The lowest BCUT2D eigenvalue weighted by Gasteiger charge is -2.09. The van der Waals surface area contributed by atoms with E-state index in [1.165, 1.54) is 0 Å². The Hall–Kier alpha value is -1.28. The predicted molar refractivity (Wildman–Crippen MR) is 64.9 cm³/mol. The molecular formula is C13H19NO. The smallest absolute Gasteiger partial charge is 0.126 e. The Balaban J connectivity index is 2.98. The van der Waals surface area contributed by atoms with Gasteiger partial charge in [0.2, 0.25) is 0 Å². The van der Waals surface area contributed by atoms with Gasteiger partial charge in [-0.2, -0.15) is 0 Å². The van der Waals surface area contributed by atoms with Gasteiger partial charge in [0.1, 0.15) is 5.75 Å². The lowest BCUT2D eigenvalue weighted by Crippen LogP contribution is -2.15. The second-order valence-corrected chi connectivity index (χ2v) is 3.65. The minimum atomic E-state index is 0.0830. The lowest BCUT2D eigenvalue weighted by atomic mass is 10.1.